The van der Waals surface area contributed by atoms with Crippen molar-refractivity contribution < 1.29 is 9.84 Å². The molecule has 1 aliphatic rings. The standard InChI is InChI=1S/C13H24O2/c1-2-3-4-7-12(14)9-10-13-8-5-6-11-15-13/h2,12-14H,1,3-11H2. The molecule has 1 rings (SSSR count). The van der Waals surface area contributed by atoms with Gasteiger partial charge in [-0.3, -0.25) is 0 Å². The van der Waals surface area contributed by atoms with Crippen molar-refractivity contribution in [2.45, 2.75) is 63.6 Å². The molecular weight excluding hydrogens is 188 g/mol. The maximum absolute atomic E-state index is 9.72. The third-order valence-corrected chi connectivity index (χ3v) is 3.04. The maximum atomic E-state index is 9.72. The summed E-state index contributed by atoms with van der Waals surface area (Å²) in [6, 6.07) is 0. The van der Waals surface area contributed by atoms with Crippen molar-refractivity contribution in [2.75, 3.05) is 6.61 Å². The topological polar surface area (TPSA) is 29.5 Å². The predicted molar refractivity (Wildman–Crippen MR) is 62.9 cm³/mol. The summed E-state index contributed by atoms with van der Waals surface area (Å²) in [5, 5.41) is 9.72. The SMILES string of the molecule is C=CCCCC(O)CCC1CCCCO1. The molecule has 1 fully saturated rings. The minimum absolute atomic E-state index is 0.143. The molecule has 0 spiro atoms. The van der Waals surface area contributed by atoms with Crippen LogP contribution in [-0.2, 0) is 4.74 Å². The Labute approximate surface area is 93.3 Å². The van der Waals surface area contributed by atoms with Crippen LogP contribution in [0, 0.1) is 0 Å². The second-order valence-electron chi connectivity index (χ2n) is 4.44. The molecule has 1 aliphatic heterocycles. The molecule has 0 bridgehead atoms. The van der Waals surface area contributed by atoms with Gasteiger partial charge in [0.2, 0.25) is 0 Å². The van der Waals surface area contributed by atoms with Crippen LogP contribution in [0.5, 0.6) is 0 Å². The second kappa shape index (κ2) is 7.89. The van der Waals surface area contributed by atoms with E-state index in [1.807, 2.05) is 6.08 Å². The molecule has 2 unspecified atom stereocenters. The summed E-state index contributed by atoms with van der Waals surface area (Å²) >= 11 is 0. The summed E-state index contributed by atoms with van der Waals surface area (Å²) in [5.41, 5.74) is 0. The summed E-state index contributed by atoms with van der Waals surface area (Å²) in [6.07, 6.45) is 10.7. The molecule has 1 heterocycles. The Morgan fingerprint density at radius 3 is 2.93 bits per heavy atom. The third-order valence-electron chi connectivity index (χ3n) is 3.04. The molecule has 0 aromatic rings. The van der Waals surface area contributed by atoms with Crippen molar-refractivity contribution in [3.05, 3.63) is 12.7 Å². The normalized spacial score (nSPS) is 23.7. The fourth-order valence-corrected chi connectivity index (χ4v) is 2.06. The van der Waals surface area contributed by atoms with Crippen LogP contribution in [0.15, 0.2) is 12.7 Å². The lowest BCUT2D eigenvalue weighted by molar-refractivity contribution is 0.00164. The highest BCUT2D eigenvalue weighted by molar-refractivity contribution is 4.69. The Morgan fingerprint density at radius 1 is 1.40 bits per heavy atom. The van der Waals surface area contributed by atoms with Gasteiger partial charge in [0.1, 0.15) is 0 Å². The molecule has 2 atom stereocenters. The number of hydrogen-bond acceptors (Lipinski definition) is 2. The summed E-state index contributed by atoms with van der Waals surface area (Å²) in [5.74, 6) is 0. The van der Waals surface area contributed by atoms with Crippen LogP contribution < -0.4 is 0 Å². The van der Waals surface area contributed by atoms with Gasteiger partial charge in [-0.25, -0.2) is 0 Å². The van der Waals surface area contributed by atoms with E-state index in [0.29, 0.717) is 6.10 Å². The van der Waals surface area contributed by atoms with Crippen LogP contribution in [0.1, 0.15) is 51.4 Å². The number of ether oxygens (including phenoxy) is 1. The highest BCUT2D eigenvalue weighted by atomic mass is 16.5. The van der Waals surface area contributed by atoms with Crippen molar-refractivity contribution in [1.29, 1.82) is 0 Å². The molecule has 88 valence electrons. The van der Waals surface area contributed by atoms with Gasteiger partial charge in [0.05, 0.1) is 12.2 Å². The molecule has 2 nitrogen and oxygen atoms in total. The Morgan fingerprint density at radius 2 is 2.27 bits per heavy atom. The Kier molecular flexibility index (Phi) is 6.69. The van der Waals surface area contributed by atoms with Crippen LogP contribution in [-0.4, -0.2) is 23.9 Å². The van der Waals surface area contributed by atoms with Gasteiger partial charge in [-0.15, -0.1) is 6.58 Å². The number of aliphatic hydroxyl groups is 1. The van der Waals surface area contributed by atoms with Crippen LogP contribution in [0.2, 0.25) is 0 Å². The highest BCUT2D eigenvalue weighted by Gasteiger charge is 2.15. The van der Waals surface area contributed by atoms with Gasteiger partial charge in [0.25, 0.3) is 0 Å². The average molecular weight is 212 g/mol. The minimum Gasteiger partial charge on any atom is -0.393 e. The first kappa shape index (κ1) is 12.7. The molecule has 1 N–H and O–H groups in total. The summed E-state index contributed by atoms with van der Waals surface area (Å²) < 4.78 is 5.63. The molecule has 0 amide bonds. The molecule has 1 saturated heterocycles. The zero-order chi connectivity index (χ0) is 10.9. The summed E-state index contributed by atoms with van der Waals surface area (Å²) in [7, 11) is 0. The van der Waals surface area contributed by atoms with Gasteiger partial charge >= 0.3 is 0 Å². The lowest BCUT2D eigenvalue weighted by atomic mass is 10.0. The van der Waals surface area contributed by atoms with Crippen molar-refractivity contribution in [2.24, 2.45) is 0 Å². The molecule has 0 saturated carbocycles. The average Bonchev–Trinajstić information content (AvgIpc) is 2.28. The van der Waals surface area contributed by atoms with E-state index in [2.05, 4.69) is 6.58 Å². The quantitative estimate of drug-likeness (QED) is 0.519. The largest absolute Gasteiger partial charge is 0.393 e. The number of aliphatic hydroxyl groups excluding tert-OH is 1. The minimum atomic E-state index is -0.143. The fraction of sp³-hybridized carbons (Fsp3) is 0.846. The summed E-state index contributed by atoms with van der Waals surface area (Å²) in [6.45, 7) is 4.59. The van der Waals surface area contributed by atoms with E-state index in [4.69, 9.17) is 4.74 Å². The van der Waals surface area contributed by atoms with Crippen LogP contribution in [0.4, 0.5) is 0 Å². The van der Waals surface area contributed by atoms with E-state index in [9.17, 15) is 5.11 Å². The monoisotopic (exact) mass is 212 g/mol. The molecule has 0 aromatic carbocycles. The zero-order valence-electron chi connectivity index (χ0n) is 9.66. The lowest BCUT2D eigenvalue weighted by Crippen LogP contribution is -2.21. The number of hydrogen-bond donors (Lipinski definition) is 1. The number of rotatable bonds is 7. The zero-order valence-corrected chi connectivity index (χ0v) is 9.66. The molecular formula is C13H24O2. The van der Waals surface area contributed by atoms with Crippen molar-refractivity contribution in [3.8, 4) is 0 Å². The molecule has 2 heteroatoms. The number of allylic oxidation sites excluding steroid dienone is 1. The summed E-state index contributed by atoms with van der Waals surface area (Å²) in [4.78, 5) is 0. The van der Waals surface area contributed by atoms with Gasteiger partial charge in [-0.1, -0.05) is 6.08 Å². The van der Waals surface area contributed by atoms with E-state index >= 15 is 0 Å². The first-order chi connectivity index (χ1) is 7.33. The van der Waals surface area contributed by atoms with Crippen molar-refractivity contribution in [3.63, 3.8) is 0 Å². The van der Waals surface area contributed by atoms with Crippen molar-refractivity contribution >= 4 is 0 Å². The first-order valence-electron chi connectivity index (χ1n) is 6.23. The second-order valence-corrected chi connectivity index (χ2v) is 4.44. The van der Waals surface area contributed by atoms with E-state index in [1.165, 1.54) is 19.3 Å². The number of unbranched alkanes of at least 4 members (excludes halogenated alkanes) is 1. The highest BCUT2D eigenvalue weighted by Crippen LogP contribution is 2.18. The van der Waals surface area contributed by atoms with Crippen LogP contribution in [0.3, 0.4) is 0 Å². The molecule has 0 aliphatic carbocycles. The van der Waals surface area contributed by atoms with Gasteiger partial charge in [-0.2, -0.15) is 0 Å². The van der Waals surface area contributed by atoms with Crippen LogP contribution in [0.25, 0.3) is 0 Å². The smallest absolute Gasteiger partial charge is 0.0576 e. The van der Waals surface area contributed by atoms with Gasteiger partial charge in [-0.05, 0) is 51.4 Å². The lowest BCUT2D eigenvalue weighted by Gasteiger charge is -2.23. The van der Waals surface area contributed by atoms with Gasteiger partial charge in [0.15, 0.2) is 0 Å². The van der Waals surface area contributed by atoms with Gasteiger partial charge in [0, 0.05) is 6.61 Å². The van der Waals surface area contributed by atoms with E-state index in [-0.39, 0.29) is 6.10 Å². The van der Waals surface area contributed by atoms with E-state index in [1.54, 1.807) is 0 Å². The Hall–Kier alpha value is -0.340. The first-order valence-corrected chi connectivity index (χ1v) is 6.23. The van der Waals surface area contributed by atoms with Crippen molar-refractivity contribution in [1.82, 2.24) is 0 Å². The molecule has 15 heavy (non-hydrogen) atoms. The Balaban J connectivity index is 1.99. The Bertz CT molecular complexity index is 162. The molecule has 0 radical (unpaired) electrons. The fourth-order valence-electron chi connectivity index (χ4n) is 2.06. The molecule has 0 aromatic heterocycles. The third kappa shape index (κ3) is 5.95. The van der Waals surface area contributed by atoms with E-state index in [0.717, 1.165) is 38.7 Å². The van der Waals surface area contributed by atoms with E-state index < -0.39 is 0 Å². The van der Waals surface area contributed by atoms with Gasteiger partial charge < -0.3 is 9.84 Å². The maximum Gasteiger partial charge on any atom is 0.0576 e. The van der Waals surface area contributed by atoms with Crippen LogP contribution >= 0.6 is 0 Å². The predicted octanol–water partition coefficient (Wildman–Crippen LogP) is 3.05.